The Balaban J connectivity index is 1.49. The molecular weight excluding hydrogens is 438 g/mol. The van der Waals surface area contributed by atoms with Crippen LogP contribution in [0, 0.1) is 5.92 Å². The molecule has 2 atom stereocenters. The van der Waals surface area contributed by atoms with Gasteiger partial charge >= 0.3 is 5.97 Å². The van der Waals surface area contributed by atoms with Crippen molar-refractivity contribution < 1.29 is 23.1 Å². The van der Waals surface area contributed by atoms with Gasteiger partial charge in [0.1, 0.15) is 5.76 Å². The van der Waals surface area contributed by atoms with Crippen LogP contribution >= 0.6 is 0 Å². The van der Waals surface area contributed by atoms with E-state index in [2.05, 4.69) is 4.72 Å². The third kappa shape index (κ3) is 4.24. The molecule has 1 fully saturated rings. The van der Waals surface area contributed by atoms with E-state index in [9.17, 15) is 18.3 Å². The first-order valence-electron chi connectivity index (χ1n) is 10.8. The summed E-state index contributed by atoms with van der Waals surface area (Å²) in [6, 6.07) is 24.3. The summed E-state index contributed by atoms with van der Waals surface area (Å²) in [4.78, 5) is 13.0. The van der Waals surface area contributed by atoms with Crippen LogP contribution in [0.3, 0.4) is 0 Å². The number of ether oxygens (including phenoxy) is 1. The molecule has 0 saturated heterocycles. The second-order valence-corrected chi connectivity index (χ2v) is 10.0. The molecule has 2 N–H and O–H groups in total. The number of nitrogens with one attached hydrogen (secondary N) is 1. The minimum atomic E-state index is -3.75. The largest absolute Gasteiger partial charge is 0.507 e. The van der Waals surface area contributed by atoms with Crippen LogP contribution in [0.25, 0.3) is 0 Å². The molecule has 1 aliphatic heterocycles. The minimum Gasteiger partial charge on any atom is -0.507 e. The maximum absolute atomic E-state index is 12.9. The van der Waals surface area contributed by atoms with Gasteiger partial charge in [0.2, 0.25) is 0 Å². The lowest BCUT2D eigenvalue weighted by molar-refractivity contribution is -0.140. The maximum Gasteiger partial charge on any atom is 0.339 e. The Bertz CT molecular complexity index is 1320. The Morgan fingerprint density at radius 2 is 1.58 bits per heavy atom. The molecule has 5 rings (SSSR count). The minimum absolute atomic E-state index is 0.0710. The fraction of sp³-hybridized carbons (Fsp3) is 0.192. The fourth-order valence-electron chi connectivity index (χ4n) is 4.33. The Labute approximate surface area is 192 Å². The number of hydrogen-bond donors (Lipinski definition) is 2. The van der Waals surface area contributed by atoms with Crippen molar-refractivity contribution in [1.29, 1.82) is 0 Å². The summed E-state index contributed by atoms with van der Waals surface area (Å²) in [6.07, 6.45) is 1.02. The summed E-state index contributed by atoms with van der Waals surface area (Å²) >= 11 is 0. The monoisotopic (exact) mass is 461 g/mol. The number of sulfonamides is 1. The lowest BCUT2D eigenvalue weighted by atomic mass is 9.85. The molecule has 1 aliphatic carbocycles. The highest BCUT2D eigenvalue weighted by molar-refractivity contribution is 7.92. The van der Waals surface area contributed by atoms with Crippen LogP contribution in [0.1, 0.15) is 36.0 Å². The number of aliphatic hydroxyl groups excluding tert-OH is 1. The van der Waals surface area contributed by atoms with Crippen molar-refractivity contribution in [3.8, 4) is 0 Å². The molecule has 2 unspecified atom stereocenters. The molecule has 6 nitrogen and oxygen atoms in total. The summed E-state index contributed by atoms with van der Waals surface area (Å²) in [7, 11) is -3.75. The molecule has 3 aromatic carbocycles. The van der Waals surface area contributed by atoms with Crippen molar-refractivity contribution in [2.75, 3.05) is 4.72 Å². The summed E-state index contributed by atoms with van der Waals surface area (Å²) in [5.74, 6) is -0.788. The highest BCUT2D eigenvalue weighted by atomic mass is 32.2. The van der Waals surface area contributed by atoms with Gasteiger partial charge in [-0.1, -0.05) is 60.7 Å². The van der Waals surface area contributed by atoms with Crippen LogP contribution in [0.5, 0.6) is 0 Å². The SMILES string of the molecule is O=C1OC(c2ccccc2)C(O)=C1C(c1cccc(NS(=O)(=O)c2ccccc2)c1)C1CC1. The average Bonchev–Trinajstić information content (AvgIpc) is 3.62. The van der Waals surface area contributed by atoms with E-state index in [0.29, 0.717) is 11.3 Å². The second-order valence-electron chi connectivity index (χ2n) is 8.35. The quantitative estimate of drug-likeness (QED) is 0.478. The van der Waals surface area contributed by atoms with E-state index < -0.39 is 22.1 Å². The first-order chi connectivity index (χ1) is 15.9. The molecule has 0 bridgehead atoms. The Hall–Kier alpha value is -3.58. The number of cyclic esters (lactones) is 1. The molecule has 3 aromatic rings. The van der Waals surface area contributed by atoms with Gasteiger partial charge < -0.3 is 9.84 Å². The van der Waals surface area contributed by atoms with Gasteiger partial charge in [-0.05, 0) is 48.6 Å². The molecule has 7 heteroatoms. The van der Waals surface area contributed by atoms with Crippen molar-refractivity contribution in [3.63, 3.8) is 0 Å². The highest BCUT2D eigenvalue weighted by Crippen LogP contribution is 2.51. The van der Waals surface area contributed by atoms with Crippen molar-refractivity contribution in [3.05, 3.63) is 107 Å². The lowest BCUT2D eigenvalue weighted by Crippen LogP contribution is -2.15. The van der Waals surface area contributed by atoms with Gasteiger partial charge in [0.25, 0.3) is 10.0 Å². The van der Waals surface area contributed by atoms with E-state index in [0.717, 1.165) is 18.4 Å². The van der Waals surface area contributed by atoms with Gasteiger partial charge in [-0.15, -0.1) is 0 Å². The fourth-order valence-corrected chi connectivity index (χ4v) is 5.40. The molecule has 0 aromatic heterocycles. The number of esters is 1. The topological polar surface area (TPSA) is 92.7 Å². The van der Waals surface area contributed by atoms with E-state index in [1.165, 1.54) is 12.1 Å². The van der Waals surface area contributed by atoms with Crippen LogP contribution in [-0.2, 0) is 19.6 Å². The van der Waals surface area contributed by atoms with Gasteiger partial charge in [-0.3, -0.25) is 4.72 Å². The first kappa shape index (κ1) is 21.3. The Morgan fingerprint density at radius 3 is 2.24 bits per heavy atom. The number of benzene rings is 3. The zero-order valence-corrected chi connectivity index (χ0v) is 18.5. The molecular formula is C26H23NO5S. The number of rotatable bonds is 7. The number of carbonyl (C=O) groups is 1. The van der Waals surface area contributed by atoms with E-state index in [-0.39, 0.29) is 28.1 Å². The van der Waals surface area contributed by atoms with Crippen LogP contribution < -0.4 is 4.72 Å². The average molecular weight is 462 g/mol. The van der Waals surface area contributed by atoms with E-state index in [1.807, 2.05) is 36.4 Å². The van der Waals surface area contributed by atoms with E-state index in [1.54, 1.807) is 36.4 Å². The van der Waals surface area contributed by atoms with Gasteiger partial charge in [0.05, 0.1) is 10.5 Å². The van der Waals surface area contributed by atoms with Gasteiger partial charge in [0.15, 0.2) is 6.10 Å². The summed E-state index contributed by atoms with van der Waals surface area (Å²) in [6.45, 7) is 0. The van der Waals surface area contributed by atoms with Gasteiger partial charge in [0, 0.05) is 17.2 Å². The summed E-state index contributed by atoms with van der Waals surface area (Å²) in [5, 5.41) is 11.0. The maximum atomic E-state index is 12.9. The second kappa shape index (κ2) is 8.41. The predicted octanol–water partition coefficient (Wildman–Crippen LogP) is 5.09. The van der Waals surface area contributed by atoms with E-state index >= 15 is 0 Å². The smallest absolute Gasteiger partial charge is 0.339 e. The Kier molecular flexibility index (Phi) is 5.42. The van der Waals surface area contributed by atoms with E-state index in [4.69, 9.17) is 4.74 Å². The van der Waals surface area contributed by atoms with Crippen molar-refractivity contribution >= 4 is 21.7 Å². The molecule has 2 aliphatic rings. The molecule has 0 spiro atoms. The third-order valence-electron chi connectivity index (χ3n) is 6.03. The van der Waals surface area contributed by atoms with Crippen LogP contribution in [0.2, 0.25) is 0 Å². The van der Waals surface area contributed by atoms with Gasteiger partial charge in [-0.25, -0.2) is 13.2 Å². The van der Waals surface area contributed by atoms with Crippen LogP contribution in [-0.4, -0.2) is 19.5 Å². The molecule has 0 radical (unpaired) electrons. The van der Waals surface area contributed by atoms with Crippen molar-refractivity contribution in [2.45, 2.75) is 29.8 Å². The molecule has 1 saturated carbocycles. The number of hydrogen-bond acceptors (Lipinski definition) is 5. The van der Waals surface area contributed by atoms with Crippen molar-refractivity contribution in [1.82, 2.24) is 0 Å². The van der Waals surface area contributed by atoms with Crippen LogP contribution in [0.15, 0.2) is 101 Å². The first-order valence-corrected chi connectivity index (χ1v) is 12.3. The molecule has 33 heavy (non-hydrogen) atoms. The number of carbonyl (C=O) groups excluding carboxylic acids is 1. The number of aliphatic hydroxyl groups is 1. The lowest BCUT2D eigenvalue weighted by Gasteiger charge is -2.18. The standard InChI is InChI=1S/C26H23NO5S/c28-24-23(26(29)32-25(24)18-8-3-1-4-9-18)22(17-14-15-17)19-10-7-11-20(16-19)27-33(30,31)21-12-5-2-6-13-21/h1-13,16-17,22,25,27-28H,14-15H2. The van der Waals surface area contributed by atoms with Crippen LogP contribution in [0.4, 0.5) is 5.69 Å². The molecule has 168 valence electrons. The normalized spacial score (nSPS) is 19.3. The predicted molar refractivity (Wildman–Crippen MR) is 124 cm³/mol. The van der Waals surface area contributed by atoms with Gasteiger partial charge in [-0.2, -0.15) is 0 Å². The summed E-state index contributed by atoms with van der Waals surface area (Å²) < 4.78 is 33.7. The molecule has 1 heterocycles. The highest BCUT2D eigenvalue weighted by Gasteiger charge is 2.45. The zero-order chi connectivity index (χ0) is 23.0. The zero-order valence-electron chi connectivity index (χ0n) is 17.7. The Morgan fingerprint density at radius 1 is 0.909 bits per heavy atom. The number of anilines is 1. The summed E-state index contributed by atoms with van der Waals surface area (Å²) in [5.41, 5.74) is 2.12. The molecule has 0 amide bonds. The van der Waals surface area contributed by atoms with Crippen molar-refractivity contribution in [2.24, 2.45) is 5.92 Å². The third-order valence-corrected chi connectivity index (χ3v) is 7.42.